The van der Waals surface area contributed by atoms with E-state index < -0.39 is 0 Å². The van der Waals surface area contributed by atoms with Crippen LogP contribution in [0, 0.1) is 6.42 Å². The minimum absolute atomic E-state index is 0.498. The van der Waals surface area contributed by atoms with Crippen LogP contribution in [0.4, 0.5) is 17.5 Å². The van der Waals surface area contributed by atoms with Gasteiger partial charge >= 0.3 is 0 Å². The summed E-state index contributed by atoms with van der Waals surface area (Å²) in [5.74, 6) is 2.64. The predicted octanol–water partition coefficient (Wildman–Crippen LogP) is 4.88. The van der Waals surface area contributed by atoms with Crippen LogP contribution in [-0.4, -0.2) is 54.8 Å². The van der Waals surface area contributed by atoms with Crippen molar-refractivity contribution in [1.29, 1.82) is 0 Å². The molecule has 1 aliphatic carbocycles. The molecule has 1 saturated heterocycles. The van der Waals surface area contributed by atoms with E-state index in [1.165, 1.54) is 25.9 Å². The molecule has 0 spiro atoms. The first-order valence-corrected chi connectivity index (χ1v) is 12.0. The molecule has 9 heteroatoms. The number of nitrogens with zero attached hydrogens (tertiary/aromatic N) is 5. The Morgan fingerprint density at radius 3 is 2.91 bits per heavy atom. The van der Waals surface area contributed by atoms with Gasteiger partial charge in [0.05, 0.1) is 25.6 Å². The van der Waals surface area contributed by atoms with Gasteiger partial charge in [-0.3, -0.25) is 0 Å². The molecule has 0 amide bonds. The van der Waals surface area contributed by atoms with E-state index in [1.807, 2.05) is 36.8 Å². The molecule has 1 aromatic carbocycles. The number of allylic oxidation sites excluding steroid dienone is 2. The van der Waals surface area contributed by atoms with Gasteiger partial charge in [-0.25, -0.2) is 4.98 Å². The molecule has 0 atom stereocenters. The summed E-state index contributed by atoms with van der Waals surface area (Å²) in [7, 11) is 1.65. The number of rotatable bonds is 11. The van der Waals surface area contributed by atoms with E-state index in [1.54, 1.807) is 19.5 Å². The number of likely N-dealkylation sites (tertiary alicyclic amines) is 1. The Balaban J connectivity index is 1.16. The maximum absolute atomic E-state index is 6.05. The quantitative estimate of drug-likeness (QED) is 0.450. The van der Waals surface area contributed by atoms with E-state index in [4.69, 9.17) is 9.47 Å². The van der Waals surface area contributed by atoms with Crippen LogP contribution < -0.4 is 20.1 Å². The largest absolute Gasteiger partial charge is 0.493 e. The predicted molar refractivity (Wildman–Crippen MR) is 136 cm³/mol. The highest BCUT2D eigenvalue weighted by atomic mass is 16.5. The maximum Gasteiger partial charge on any atom is 0.229 e. The average molecular weight is 473 g/mol. The van der Waals surface area contributed by atoms with E-state index in [0.29, 0.717) is 30.6 Å². The maximum atomic E-state index is 6.05. The molecule has 1 aromatic heterocycles. The van der Waals surface area contributed by atoms with E-state index in [9.17, 15) is 0 Å². The van der Waals surface area contributed by atoms with Crippen LogP contribution >= 0.6 is 0 Å². The number of hydrogen-bond acceptors (Lipinski definition) is 9. The molecule has 5 rings (SSSR count). The number of benzene rings is 1. The van der Waals surface area contributed by atoms with Gasteiger partial charge < -0.3 is 25.0 Å². The first kappa shape index (κ1) is 23.0. The lowest BCUT2D eigenvalue weighted by molar-refractivity contribution is 0.254. The van der Waals surface area contributed by atoms with Gasteiger partial charge in [0, 0.05) is 43.0 Å². The monoisotopic (exact) mass is 472 g/mol. The summed E-state index contributed by atoms with van der Waals surface area (Å²) in [5.41, 5.74) is 3.87. The van der Waals surface area contributed by atoms with E-state index in [0.717, 1.165) is 41.3 Å². The normalized spacial score (nSPS) is 16.9. The van der Waals surface area contributed by atoms with Crippen LogP contribution in [0.25, 0.3) is 0 Å². The third-order valence-electron chi connectivity index (χ3n) is 6.08. The summed E-state index contributed by atoms with van der Waals surface area (Å²) in [4.78, 5) is 11.4. The lowest BCUT2D eigenvalue weighted by Gasteiger charge is -2.16. The van der Waals surface area contributed by atoms with E-state index in [2.05, 4.69) is 41.8 Å². The average Bonchev–Trinajstić information content (AvgIpc) is 3.58. The molecule has 2 N–H and O–H groups in total. The second kappa shape index (κ2) is 11.1. The van der Waals surface area contributed by atoms with Crippen molar-refractivity contribution >= 4 is 17.5 Å². The standard InChI is InChI=1S/C26H30N7O2/c1-34-23-8-7-21(16-24(23)35-14-4-13-33-11-2-3-12-33)30-26-27-10-9-25(31-26)28-17-19-5-6-20-18-29-32-22(20)15-19/h5-10,15-16,18H,2-4,11-14,17H2,1H3,(H2,27,28,30,31). The van der Waals surface area contributed by atoms with Crippen molar-refractivity contribution < 1.29 is 9.47 Å². The first-order valence-electron chi connectivity index (χ1n) is 12.0. The summed E-state index contributed by atoms with van der Waals surface area (Å²) in [5, 5.41) is 14.7. The molecule has 3 heterocycles. The Kier molecular flexibility index (Phi) is 7.33. The van der Waals surface area contributed by atoms with Gasteiger partial charge in [-0.15, -0.1) is 0 Å². The molecule has 1 radical (unpaired) electrons. The molecule has 3 aliphatic rings. The van der Waals surface area contributed by atoms with Gasteiger partial charge in [-0.2, -0.15) is 15.2 Å². The molecule has 35 heavy (non-hydrogen) atoms. The van der Waals surface area contributed by atoms with Crippen LogP contribution in [0.15, 0.2) is 75.9 Å². The van der Waals surface area contributed by atoms with Crippen molar-refractivity contribution in [3.05, 3.63) is 72.1 Å². The summed E-state index contributed by atoms with van der Waals surface area (Å²) in [6.07, 6.45) is 13.2. The Morgan fingerprint density at radius 1 is 1.11 bits per heavy atom. The summed E-state index contributed by atoms with van der Waals surface area (Å²) >= 11 is 0. The van der Waals surface area contributed by atoms with Gasteiger partial charge in [0.15, 0.2) is 11.5 Å². The lowest BCUT2D eigenvalue weighted by Crippen LogP contribution is -2.21. The van der Waals surface area contributed by atoms with Gasteiger partial charge in [0.2, 0.25) is 5.95 Å². The van der Waals surface area contributed by atoms with Gasteiger partial charge in [-0.1, -0.05) is 6.08 Å². The van der Waals surface area contributed by atoms with Crippen molar-refractivity contribution in [2.45, 2.75) is 19.3 Å². The molecular weight excluding hydrogens is 442 g/mol. The third kappa shape index (κ3) is 6.05. The van der Waals surface area contributed by atoms with Gasteiger partial charge in [-0.05, 0) is 62.2 Å². The number of methoxy groups -OCH3 is 1. The summed E-state index contributed by atoms with van der Waals surface area (Å²) in [6.45, 7) is 4.75. The highest BCUT2D eigenvalue weighted by Gasteiger charge is 2.15. The summed E-state index contributed by atoms with van der Waals surface area (Å²) in [6, 6.07) is 7.58. The van der Waals surface area contributed by atoms with Crippen LogP contribution in [-0.2, 0) is 0 Å². The van der Waals surface area contributed by atoms with Gasteiger partial charge in [0.25, 0.3) is 0 Å². The van der Waals surface area contributed by atoms with Crippen LogP contribution in [0.5, 0.6) is 11.5 Å². The molecule has 0 bridgehead atoms. The zero-order valence-electron chi connectivity index (χ0n) is 19.9. The number of fused-ring (bicyclic) bond motifs is 1. The number of anilines is 3. The van der Waals surface area contributed by atoms with Crippen LogP contribution in [0.1, 0.15) is 19.3 Å². The number of azo groups is 1. The molecule has 1 fully saturated rings. The second-order valence-corrected chi connectivity index (χ2v) is 8.60. The molecule has 9 nitrogen and oxygen atoms in total. The summed E-state index contributed by atoms with van der Waals surface area (Å²) < 4.78 is 11.5. The molecule has 2 aromatic rings. The van der Waals surface area contributed by atoms with Crippen LogP contribution in [0.3, 0.4) is 0 Å². The Labute approximate surface area is 205 Å². The van der Waals surface area contributed by atoms with Crippen molar-refractivity contribution in [2.75, 3.05) is 50.5 Å². The van der Waals surface area contributed by atoms with E-state index in [-0.39, 0.29) is 0 Å². The zero-order chi connectivity index (χ0) is 23.9. The topological polar surface area (TPSA) is 96.3 Å². The number of hydrogen-bond donors (Lipinski definition) is 2. The highest BCUT2D eigenvalue weighted by molar-refractivity contribution is 5.60. The first-order chi connectivity index (χ1) is 17.3. The Morgan fingerprint density at radius 2 is 2.03 bits per heavy atom. The van der Waals surface area contributed by atoms with Crippen molar-refractivity contribution in [3.8, 4) is 11.5 Å². The molecule has 2 aliphatic heterocycles. The lowest BCUT2D eigenvalue weighted by atomic mass is 10.0. The number of aromatic nitrogens is 2. The SMILES string of the molecule is COc1ccc(Nc2nccc(NCC3=C[CH]C4=CN=NC4=C3)n2)cc1OCCCN1CCCC1. The molecule has 0 unspecified atom stereocenters. The Bertz CT molecular complexity index is 1170. The smallest absolute Gasteiger partial charge is 0.229 e. The van der Waals surface area contributed by atoms with Crippen LogP contribution in [0.2, 0.25) is 0 Å². The third-order valence-corrected chi connectivity index (χ3v) is 6.08. The van der Waals surface area contributed by atoms with Crippen molar-refractivity contribution in [1.82, 2.24) is 14.9 Å². The fourth-order valence-electron chi connectivity index (χ4n) is 4.23. The van der Waals surface area contributed by atoms with Crippen molar-refractivity contribution in [3.63, 3.8) is 0 Å². The fraction of sp³-hybridized carbons (Fsp3) is 0.346. The highest BCUT2D eigenvalue weighted by Crippen LogP contribution is 2.31. The molecule has 0 saturated carbocycles. The minimum Gasteiger partial charge on any atom is -0.493 e. The number of nitrogens with one attached hydrogen (secondary N) is 2. The minimum atomic E-state index is 0.498. The molecular formula is C26H30N7O2. The van der Waals surface area contributed by atoms with Gasteiger partial charge in [0.1, 0.15) is 5.82 Å². The number of ether oxygens (including phenoxy) is 2. The fourth-order valence-corrected chi connectivity index (χ4v) is 4.23. The zero-order valence-corrected chi connectivity index (χ0v) is 19.9. The Hall–Kier alpha value is -3.72. The molecule has 181 valence electrons. The van der Waals surface area contributed by atoms with Crippen molar-refractivity contribution in [2.24, 2.45) is 10.2 Å². The second-order valence-electron chi connectivity index (χ2n) is 8.60. The van der Waals surface area contributed by atoms with E-state index >= 15 is 0 Å².